The second-order valence-electron chi connectivity index (χ2n) is 4.17. The number of carbonyl (C=O) groups excluding carboxylic acids is 1. The van der Waals surface area contributed by atoms with Crippen LogP contribution in [0.25, 0.3) is 4.96 Å². The minimum absolute atomic E-state index is 0.00727. The lowest BCUT2D eigenvalue weighted by atomic mass is 10.3. The lowest BCUT2D eigenvalue weighted by molar-refractivity contribution is 0.102. The minimum atomic E-state index is -0.490. The number of carbonyl (C=O) groups is 1. The number of aryl methyl sites for hydroxylation is 1. The van der Waals surface area contributed by atoms with Gasteiger partial charge in [-0.25, -0.2) is 4.98 Å². The fraction of sp³-hybridized carbons (Fsp3) is 0.0769. The van der Waals surface area contributed by atoms with Gasteiger partial charge in [0.15, 0.2) is 4.96 Å². The molecule has 0 aliphatic heterocycles. The predicted octanol–water partition coefficient (Wildman–Crippen LogP) is 1.71. The van der Waals surface area contributed by atoms with Gasteiger partial charge in [-0.15, -0.1) is 11.3 Å². The van der Waals surface area contributed by atoms with Gasteiger partial charge in [-0.2, -0.15) is 0 Å². The van der Waals surface area contributed by atoms with E-state index in [0.29, 0.717) is 10.6 Å². The molecule has 0 radical (unpaired) electrons. The van der Waals surface area contributed by atoms with E-state index in [1.807, 2.05) is 5.38 Å². The first-order chi connectivity index (χ1) is 9.66. The van der Waals surface area contributed by atoms with Crippen LogP contribution in [-0.2, 0) is 0 Å². The van der Waals surface area contributed by atoms with Gasteiger partial charge in [-0.3, -0.25) is 19.0 Å². The van der Waals surface area contributed by atoms with Crippen LogP contribution in [0.5, 0.6) is 0 Å². The number of rotatable bonds is 2. The van der Waals surface area contributed by atoms with Gasteiger partial charge in [0.25, 0.3) is 11.5 Å². The SMILES string of the molecule is Cc1csc2ncc(C(=O)Nc3cccnc3)c(=O)n12. The van der Waals surface area contributed by atoms with Crippen molar-refractivity contribution in [3.05, 3.63) is 57.7 Å². The molecule has 3 aromatic rings. The Morgan fingerprint density at radius 2 is 2.25 bits per heavy atom. The van der Waals surface area contributed by atoms with Crippen LogP contribution < -0.4 is 10.9 Å². The van der Waals surface area contributed by atoms with E-state index in [-0.39, 0.29) is 11.1 Å². The summed E-state index contributed by atoms with van der Waals surface area (Å²) in [5.41, 5.74) is 0.936. The zero-order valence-electron chi connectivity index (χ0n) is 10.5. The zero-order chi connectivity index (χ0) is 14.1. The lowest BCUT2D eigenvalue weighted by Crippen LogP contribution is -2.26. The molecule has 0 aliphatic rings. The van der Waals surface area contributed by atoms with Gasteiger partial charge in [0.05, 0.1) is 11.9 Å². The first-order valence-electron chi connectivity index (χ1n) is 5.84. The fourth-order valence-electron chi connectivity index (χ4n) is 1.82. The molecule has 0 aromatic carbocycles. The number of amides is 1. The Morgan fingerprint density at radius 3 is 3.00 bits per heavy atom. The molecule has 0 aliphatic carbocycles. The molecule has 3 aromatic heterocycles. The Bertz CT molecular complexity index is 838. The van der Waals surface area contributed by atoms with Crippen molar-refractivity contribution in [2.45, 2.75) is 6.92 Å². The molecule has 0 atom stereocenters. The molecule has 3 heterocycles. The molecule has 3 rings (SSSR count). The van der Waals surface area contributed by atoms with Gasteiger partial charge < -0.3 is 5.32 Å². The van der Waals surface area contributed by atoms with Gasteiger partial charge in [0.2, 0.25) is 0 Å². The summed E-state index contributed by atoms with van der Waals surface area (Å²) in [7, 11) is 0. The molecule has 0 saturated carbocycles. The van der Waals surface area contributed by atoms with E-state index in [1.54, 1.807) is 25.3 Å². The van der Waals surface area contributed by atoms with Crippen molar-refractivity contribution >= 4 is 27.9 Å². The summed E-state index contributed by atoms with van der Waals surface area (Å²) in [6, 6.07) is 3.40. The Labute approximate surface area is 117 Å². The lowest BCUT2D eigenvalue weighted by Gasteiger charge is -2.04. The van der Waals surface area contributed by atoms with Crippen molar-refractivity contribution < 1.29 is 4.79 Å². The van der Waals surface area contributed by atoms with E-state index < -0.39 is 5.91 Å². The monoisotopic (exact) mass is 286 g/mol. The van der Waals surface area contributed by atoms with Gasteiger partial charge in [-0.05, 0) is 19.1 Å². The number of aromatic nitrogens is 3. The number of nitrogens with one attached hydrogen (secondary N) is 1. The third-order valence-corrected chi connectivity index (χ3v) is 3.74. The van der Waals surface area contributed by atoms with Crippen molar-refractivity contribution in [3.8, 4) is 0 Å². The van der Waals surface area contributed by atoms with E-state index in [2.05, 4.69) is 15.3 Å². The van der Waals surface area contributed by atoms with Crippen LogP contribution >= 0.6 is 11.3 Å². The van der Waals surface area contributed by atoms with Crippen LogP contribution in [0.15, 0.2) is 40.9 Å². The maximum absolute atomic E-state index is 12.3. The molecular formula is C13H10N4O2S. The van der Waals surface area contributed by atoms with Crippen LogP contribution in [0.4, 0.5) is 5.69 Å². The molecule has 0 bridgehead atoms. The molecule has 1 N–H and O–H groups in total. The average molecular weight is 286 g/mol. The molecule has 100 valence electrons. The number of fused-ring (bicyclic) bond motifs is 1. The first-order valence-corrected chi connectivity index (χ1v) is 6.72. The Hall–Kier alpha value is -2.54. The largest absolute Gasteiger partial charge is 0.320 e. The molecule has 6 nitrogen and oxygen atoms in total. The van der Waals surface area contributed by atoms with E-state index in [0.717, 1.165) is 5.69 Å². The second kappa shape index (κ2) is 4.86. The molecular weight excluding hydrogens is 276 g/mol. The van der Waals surface area contributed by atoms with Crippen LogP contribution in [0, 0.1) is 6.92 Å². The smallest absolute Gasteiger partial charge is 0.271 e. The zero-order valence-corrected chi connectivity index (χ0v) is 11.3. The van der Waals surface area contributed by atoms with E-state index in [1.165, 1.54) is 28.1 Å². The van der Waals surface area contributed by atoms with Gasteiger partial charge in [0.1, 0.15) is 5.56 Å². The van der Waals surface area contributed by atoms with Crippen molar-refractivity contribution in [3.63, 3.8) is 0 Å². The fourth-order valence-corrected chi connectivity index (χ4v) is 2.64. The van der Waals surface area contributed by atoms with Crippen LogP contribution in [0.3, 0.4) is 0 Å². The number of hydrogen-bond acceptors (Lipinski definition) is 5. The van der Waals surface area contributed by atoms with Crippen molar-refractivity contribution in [1.82, 2.24) is 14.4 Å². The standard InChI is InChI=1S/C13H10N4O2S/c1-8-7-20-13-15-6-10(12(19)17(8)13)11(18)16-9-3-2-4-14-5-9/h2-7H,1H3,(H,16,18). The summed E-state index contributed by atoms with van der Waals surface area (Å²) in [5, 5.41) is 4.45. The Morgan fingerprint density at radius 1 is 1.40 bits per heavy atom. The average Bonchev–Trinajstić information content (AvgIpc) is 2.82. The molecule has 20 heavy (non-hydrogen) atoms. The van der Waals surface area contributed by atoms with Crippen LogP contribution in [-0.4, -0.2) is 20.3 Å². The predicted molar refractivity (Wildman–Crippen MR) is 76.3 cm³/mol. The molecule has 0 saturated heterocycles. The Kier molecular flexibility index (Phi) is 3.03. The summed E-state index contributed by atoms with van der Waals surface area (Å²) in [5.74, 6) is -0.490. The normalized spacial score (nSPS) is 10.7. The highest BCUT2D eigenvalue weighted by Crippen LogP contribution is 2.11. The van der Waals surface area contributed by atoms with E-state index in [9.17, 15) is 9.59 Å². The van der Waals surface area contributed by atoms with Crippen molar-refractivity contribution in [2.24, 2.45) is 0 Å². The van der Waals surface area contributed by atoms with Crippen LogP contribution in [0.2, 0.25) is 0 Å². The Balaban J connectivity index is 2.02. The van der Waals surface area contributed by atoms with Gasteiger partial charge in [-0.1, -0.05) is 0 Å². The number of pyridine rings is 1. The highest BCUT2D eigenvalue weighted by Gasteiger charge is 2.15. The van der Waals surface area contributed by atoms with E-state index >= 15 is 0 Å². The summed E-state index contributed by atoms with van der Waals surface area (Å²) in [6.07, 6.45) is 4.42. The molecule has 0 spiro atoms. The number of nitrogens with zero attached hydrogens (tertiary/aromatic N) is 3. The minimum Gasteiger partial charge on any atom is -0.320 e. The topological polar surface area (TPSA) is 76.4 Å². The highest BCUT2D eigenvalue weighted by atomic mass is 32.1. The molecule has 0 fully saturated rings. The molecule has 1 amide bonds. The summed E-state index contributed by atoms with van der Waals surface area (Å²) in [4.78, 5) is 33.0. The summed E-state index contributed by atoms with van der Waals surface area (Å²) in [6.45, 7) is 1.80. The highest BCUT2D eigenvalue weighted by molar-refractivity contribution is 7.15. The quantitative estimate of drug-likeness (QED) is 0.778. The third-order valence-electron chi connectivity index (χ3n) is 2.78. The number of hydrogen-bond donors (Lipinski definition) is 1. The van der Waals surface area contributed by atoms with Gasteiger partial charge >= 0.3 is 0 Å². The number of thiazole rings is 1. The summed E-state index contributed by atoms with van der Waals surface area (Å²) >= 11 is 1.36. The first kappa shape index (κ1) is 12.5. The van der Waals surface area contributed by atoms with Crippen molar-refractivity contribution in [2.75, 3.05) is 5.32 Å². The third kappa shape index (κ3) is 2.08. The second-order valence-corrected chi connectivity index (χ2v) is 5.00. The molecule has 7 heteroatoms. The maximum atomic E-state index is 12.3. The molecule has 0 unspecified atom stereocenters. The van der Waals surface area contributed by atoms with E-state index in [4.69, 9.17) is 0 Å². The maximum Gasteiger partial charge on any atom is 0.271 e. The number of anilines is 1. The van der Waals surface area contributed by atoms with Crippen LogP contribution in [0.1, 0.15) is 16.1 Å². The van der Waals surface area contributed by atoms with Crippen molar-refractivity contribution in [1.29, 1.82) is 0 Å². The summed E-state index contributed by atoms with van der Waals surface area (Å²) < 4.78 is 1.43. The van der Waals surface area contributed by atoms with Gasteiger partial charge in [0, 0.05) is 23.5 Å².